The lowest BCUT2D eigenvalue weighted by molar-refractivity contribution is -0.148. The fourth-order valence-corrected chi connectivity index (χ4v) is 2.39. The second kappa shape index (κ2) is 4.39. The van der Waals surface area contributed by atoms with Crippen LogP contribution in [0.4, 0.5) is 0 Å². The van der Waals surface area contributed by atoms with E-state index in [2.05, 4.69) is 5.32 Å². The molecule has 0 aromatic rings. The molecule has 2 fully saturated rings. The fraction of sp³-hybridized carbons (Fsp3) is 0.800. The summed E-state index contributed by atoms with van der Waals surface area (Å²) in [5, 5.41) is 21.4. The summed E-state index contributed by atoms with van der Waals surface area (Å²) >= 11 is 0. The van der Waals surface area contributed by atoms with Gasteiger partial charge in [0.1, 0.15) is 6.04 Å². The van der Waals surface area contributed by atoms with Crippen molar-refractivity contribution in [3.63, 3.8) is 0 Å². The van der Waals surface area contributed by atoms with Gasteiger partial charge in [-0.1, -0.05) is 0 Å². The number of aliphatic hydroxyl groups is 1. The second-order valence-corrected chi connectivity index (χ2v) is 4.38. The molecule has 6 nitrogen and oxygen atoms in total. The number of nitrogens with zero attached hydrogens (tertiary/aromatic N) is 1. The van der Waals surface area contributed by atoms with Gasteiger partial charge < -0.3 is 20.4 Å². The van der Waals surface area contributed by atoms with Crippen LogP contribution in [0.1, 0.15) is 19.3 Å². The number of carboxylic acid groups (broad SMARTS) is 1. The number of carbonyl (C=O) groups excluding carboxylic acids is 1. The Labute approximate surface area is 93.2 Å². The highest BCUT2D eigenvalue weighted by Gasteiger charge is 2.41. The van der Waals surface area contributed by atoms with E-state index in [1.165, 1.54) is 4.90 Å². The highest BCUT2D eigenvalue weighted by molar-refractivity contribution is 5.87. The number of carboxylic acids is 1. The van der Waals surface area contributed by atoms with Crippen LogP contribution in [-0.2, 0) is 9.59 Å². The van der Waals surface area contributed by atoms with Crippen LogP contribution in [0.5, 0.6) is 0 Å². The molecule has 90 valence electrons. The predicted molar refractivity (Wildman–Crippen MR) is 54.8 cm³/mol. The van der Waals surface area contributed by atoms with E-state index in [9.17, 15) is 14.7 Å². The normalized spacial score (nSPS) is 34.3. The molecule has 0 unspecified atom stereocenters. The Kier molecular flexibility index (Phi) is 3.11. The van der Waals surface area contributed by atoms with Crippen LogP contribution >= 0.6 is 0 Å². The van der Waals surface area contributed by atoms with Crippen molar-refractivity contribution in [2.75, 3.05) is 13.1 Å². The fourth-order valence-electron chi connectivity index (χ4n) is 2.39. The Morgan fingerprint density at radius 3 is 2.69 bits per heavy atom. The van der Waals surface area contributed by atoms with Gasteiger partial charge in [-0.05, 0) is 19.4 Å². The first kappa shape index (κ1) is 11.3. The molecular weight excluding hydrogens is 212 g/mol. The molecule has 6 heteroatoms. The van der Waals surface area contributed by atoms with Gasteiger partial charge >= 0.3 is 5.97 Å². The average molecular weight is 228 g/mol. The monoisotopic (exact) mass is 228 g/mol. The summed E-state index contributed by atoms with van der Waals surface area (Å²) < 4.78 is 0. The van der Waals surface area contributed by atoms with Crippen LogP contribution in [0.25, 0.3) is 0 Å². The zero-order valence-electron chi connectivity index (χ0n) is 8.93. The number of nitrogens with one attached hydrogen (secondary N) is 1. The molecule has 3 N–H and O–H groups in total. The maximum atomic E-state index is 12.0. The number of hydrogen-bond donors (Lipinski definition) is 3. The summed E-state index contributed by atoms with van der Waals surface area (Å²) in [4.78, 5) is 24.2. The van der Waals surface area contributed by atoms with Gasteiger partial charge in [-0.15, -0.1) is 0 Å². The number of β-amino-alcohol motifs (C(OH)–C–C–N with tert-alkyl or cyclic N) is 1. The molecule has 2 rings (SSSR count). The number of hydrogen-bond acceptors (Lipinski definition) is 4. The number of aliphatic hydroxyl groups excluding tert-OH is 1. The van der Waals surface area contributed by atoms with Crippen molar-refractivity contribution in [2.24, 2.45) is 0 Å². The van der Waals surface area contributed by atoms with Gasteiger partial charge in [0.15, 0.2) is 0 Å². The lowest BCUT2D eigenvalue weighted by atomic mass is 10.1. The zero-order chi connectivity index (χ0) is 11.7. The molecule has 2 aliphatic rings. The van der Waals surface area contributed by atoms with Gasteiger partial charge in [0.05, 0.1) is 12.1 Å². The van der Waals surface area contributed by atoms with Gasteiger partial charge in [0.25, 0.3) is 0 Å². The Morgan fingerprint density at radius 1 is 1.38 bits per heavy atom. The van der Waals surface area contributed by atoms with E-state index in [-0.39, 0.29) is 24.9 Å². The third-order valence-electron chi connectivity index (χ3n) is 3.21. The van der Waals surface area contributed by atoms with E-state index >= 15 is 0 Å². The summed E-state index contributed by atoms with van der Waals surface area (Å²) in [6.07, 6.45) is 1.10. The van der Waals surface area contributed by atoms with Crippen LogP contribution in [-0.4, -0.2) is 58.3 Å². The molecule has 2 saturated heterocycles. The van der Waals surface area contributed by atoms with Gasteiger partial charge in [0.2, 0.25) is 5.91 Å². The van der Waals surface area contributed by atoms with Crippen LogP contribution in [0.2, 0.25) is 0 Å². The second-order valence-electron chi connectivity index (χ2n) is 4.38. The van der Waals surface area contributed by atoms with Gasteiger partial charge in [-0.2, -0.15) is 0 Å². The molecule has 2 heterocycles. The Bertz CT molecular complexity index is 301. The smallest absolute Gasteiger partial charge is 0.326 e. The summed E-state index contributed by atoms with van der Waals surface area (Å²) in [6.45, 7) is 0.929. The Morgan fingerprint density at radius 2 is 2.12 bits per heavy atom. The van der Waals surface area contributed by atoms with E-state index in [0.29, 0.717) is 0 Å². The number of carbonyl (C=O) groups is 2. The number of amides is 1. The Balaban J connectivity index is 2.06. The number of rotatable bonds is 2. The Hall–Kier alpha value is -1.14. The summed E-state index contributed by atoms with van der Waals surface area (Å²) in [5.41, 5.74) is 0. The molecule has 0 bridgehead atoms. The minimum Gasteiger partial charge on any atom is -0.480 e. The van der Waals surface area contributed by atoms with E-state index in [1.54, 1.807) is 0 Å². The van der Waals surface area contributed by atoms with Gasteiger partial charge in [0, 0.05) is 13.0 Å². The number of aliphatic carboxylic acids is 1. The van der Waals surface area contributed by atoms with Crippen molar-refractivity contribution in [3.8, 4) is 0 Å². The first-order valence-corrected chi connectivity index (χ1v) is 5.54. The predicted octanol–water partition coefficient (Wildman–Crippen LogP) is -1.22. The van der Waals surface area contributed by atoms with Crippen molar-refractivity contribution >= 4 is 11.9 Å². The van der Waals surface area contributed by atoms with E-state index < -0.39 is 18.1 Å². The lowest BCUT2D eigenvalue weighted by Crippen LogP contribution is -2.48. The number of likely N-dealkylation sites (tertiary alicyclic amines) is 1. The SMILES string of the molecule is O=C(O)[C@H]1C[C@H](O)CN1C(=O)[C@H]1CCCN1. The third kappa shape index (κ3) is 2.03. The highest BCUT2D eigenvalue weighted by atomic mass is 16.4. The average Bonchev–Trinajstić information content (AvgIpc) is 2.84. The minimum absolute atomic E-state index is 0.133. The lowest BCUT2D eigenvalue weighted by Gasteiger charge is -2.24. The summed E-state index contributed by atoms with van der Waals surface area (Å²) in [7, 11) is 0. The first-order chi connectivity index (χ1) is 7.59. The van der Waals surface area contributed by atoms with Crippen molar-refractivity contribution < 1.29 is 19.8 Å². The largest absolute Gasteiger partial charge is 0.480 e. The standard InChI is InChI=1S/C10H16N2O4/c13-6-4-8(10(15)16)12(5-6)9(14)7-2-1-3-11-7/h6-8,11,13H,1-5H2,(H,15,16)/t6-,7+,8+/m0/s1. The topological polar surface area (TPSA) is 89.9 Å². The molecular formula is C10H16N2O4. The molecule has 0 saturated carbocycles. The zero-order valence-corrected chi connectivity index (χ0v) is 8.93. The molecule has 2 aliphatic heterocycles. The van der Waals surface area contributed by atoms with Crippen LogP contribution < -0.4 is 5.32 Å². The van der Waals surface area contributed by atoms with Crippen molar-refractivity contribution in [1.29, 1.82) is 0 Å². The quantitative estimate of drug-likeness (QED) is 0.551. The molecule has 0 aromatic heterocycles. The molecule has 16 heavy (non-hydrogen) atoms. The van der Waals surface area contributed by atoms with Crippen LogP contribution in [0, 0.1) is 0 Å². The minimum atomic E-state index is -1.04. The third-order valence-corrected chi connectivity index (χ3v) is 3.21. The highest BCUT2D eigenvalue weighted by Crippen LogP contribution is 2.21. The van der Waals surface area contributed by atoms with Crippen molar-refractivity contribution in [1.82, 2.24) is 10.2 Å². The molecule has 3 atom stereocenters. The van der Waals surface area contributed by atoms with Crippen molar-refractivity contribution in [3.05, 3.63) is 0 Å². The molecule has 0 radical (unpaired) electrons. The molecule has 0 aliphatic carbocycles. The van der Waals surface area contributed by atoms with Crippen LogP contribution in [0.3, 0.4) is 0 Å². The molecule has 0 spiro atoms. The van der Waals surface area contributed by atoms with E-state index in [4.69, 9.17) is 5.11 Å². The van der Waals surface area contributed by atoms with Gasteiger partial charge in [-0.3, -0.25) is 4.79 Å². The first-order valence-electron chi connectivity index (χ1n) is 5.54. The van der Waals surface area contributed by atoms with Gasteiger partial charge in [-0.25, -0.2) is 4.79 Å². The maximum absolute atomic E-state index is 12.0. The van der Waals surface area contributed by atoms with E-state index in [1.807, 2.05) is 0 Å². The summed E-state index contributed by atoms with van der Waals surface area (Å²) in [6, 6.07) is -1.14. The molecule has 0 aromatic carbocycles. The molecule has 1 amide bonds. The van der Waals surface area contributed by atoms with Crippen molar-refractivity contribution in [2.45, 2.75) is 37.5 Å². The van der Waals surface area contributed by atoms with Crippen LogP contribution in [0.15, 0.2) is 0 Å². The maximum Gasteiger partial charge on any atom is 0.326 e. The summed E-state index contributed by atoms with van der Waals surface area (Å²) in [5.74, 6) is -1.23. The van der Waals surface area contributed by atoms with E-state index in [0.717, 1.165) is 19.4 Å².